The number of rotatable bonds is 5. The van der Waals surface area contributed by atoms with Crippen LogP contribution in [0.4, 0.5) is 0 Å². The molecule has 14 heavy (non-hydrogen) atoms. The Hall–Kier alpha value is -0.980. The van der Waals surface area contributed by atoms with Crippen molar-refractivity contribution in [3.05, 3.63) is 11.9 Å². The van der Waals surface area contributed by atoms with Gasteiger partial charge in [-0.15, -0.1) is 5.11 Å². The molecule has 0 saturated heterocycles. The molecule has 1 aliphatic heterocycles. The first kappa shape index (κ1) is 11.1. The van der Waals surface area contributed by atoms with E-state index in [2.05, 4.69) is 15.7 Å². The number of hydrazine groups is 1. The number of azo groups is 1. The predicted molar refractivity (Wildman–Crippen MR) is 51.1 cm³/mol. The number of nitrogens with two attached hydrogens (primary N) is 1. The standard InChI is InChI=1S/C8H16N4O2/c1-3-13-6-5-7(10-9)11-12-8(6)14-4-2/h5-6,8,10H,3-4,9H2,1-2H3. The third kappa shape index (κ3) is 2.76. The van der Waals surface area contributed by atoms with Gasteiger partial charge in [-0.1, -0.05) is 0 Å². The normalized spacial score (nSPS) is 26.1. The summed E-state index contributed by atoms with van der Waals surface area (Å²) in [7, 11) is 0. The molecule has 0 aromatic carbocycles. The van der Waals surface area contributed by atoms with Crippen molar-refractivity contribution in [2.24, 2.45) is 16.1 Å². The lowest BCUT2D eigenvalue weighted by atomic mass is 10.2. The molecule has 1 rings (SSSR count). The Bertz CT molecular complexity index is 229. The number of hydrogen-bond acceptors (Lipinski definition) is 6. The lowest BCUT2D eigenvalue weighted by molar-refractivity contribution is -0.0468. The number of ether oxygens (including phenoxy) is 2. The molecule has 6 heteroatoms. The summed E-state index contributed by atoms with van der Waals surface area (Å²) < 4.78 is 10.8. The SMILES string of the molecule is CCOC1C=C(NN)N=NC1OCC. The smallest absolute Gasteiger partial charge is 0.198 e. The van der Waals surface area contributed by atoms with Gasteiger partial charge in [-0.05, 0) is 19.9 Å². The largest absolute Gasteiger partial charge is 0.369 e. The maximum atomic E-state index is 5.43. The van der Waals surface area contributed by atoms with Crippen LogP contribution in [0.5, 0.6) is 0 Å². The Morgan fingerprint density at radius 1 is 1.43 bits per heavy atom. The van der Waals surface area contributed by atoms with Crippen LogP contribution in [0.2, 0.25) is 0 Å². The van der Waals surface area contributed by atoms with Gasteiger partial charge in [-0.2, -0.15) is 5.11 Å². The molecule has 0 aliphatic carbocycles. The minimum atomic E-state index is -0.364. The second-order valence-corrected chi connectivity index (χ2v) is 2.68. The maximum Gasteiger partial charge on any atom is 0.198 e. The lowest BCUT2D eigenvalue weighted by Crippen LogP contribution is -2.33. The first-order valence-electron chi connectivity index (χ1n) is 4.64. The molecule has 0 aromatic heterocycles. The highest BCUT2D eigenvalue weighted by molar-refractivity contribution is 5.05. The maximum absolute atomic E-state index is 5.43. The van der Waals surface area contributed by atoms with Crippen LogP contribution in [0.1, 0.15) is 13.8 Å². The van der Waals surface area contributed by atoms with Crippen molar-refractivity contribution in [2.45, 2.75) is 26.2 Å². The Kier molecular flexibility index (Phi) is 4.51. The van der Waals surface area contributed by atoms with Crippen LogP contribution in [0.3, 0.4) is 0 Å². The molecular formula is C8H16N4O2. The van der Waals surface area contributed by atoms with Crippen molar-refractivity contribution >= 4 is 0 Å². The molecule has 0 fully saturated rings. The second kappa shape index (κ2) is 5.69. The molecule has 0 amide bonds. The van der Waals surface area contributed by atoms with Gasteiger partial charge < -0.3 is 14.9 Å². The van der Waals surface area contributed by atoms with Crippen molar-refractivity contribution in [1.29, 1.82) is 0 Å². The monoisotopic (exact) mass is 200 g/mol. The van der Waals surface area contributed by atoms with Gasteiger partial charge in [0, 0.05) is 13.2 Å². The highest BCUT2D eigenvalue weighted by Gasteiger charge is 2.23. The molecule has 1 aliphatic rings. The topological polar surface area (TPSA) is 81.2 Å². The lowest BCUT2D eigenvalue weighted by Gasteiger charge is -2.23. The number of nitrogens with zero attached hydrogens (tertiary/aromatic N) is 2. The van der Waals surface area contributed by atoms with Gasteiger partial charge >= 0.3 is 0 Å². The molecule has 1 heterocycles. The van der Waals surface area contributed by atoms with Crippen LogP contribution in [0, 0.1) is 0 Å². The minimum Gasteiger partial charge on any atom is -0.369 e. The Labute approximate surface area is 83.1 Å². The van der Waals surface area contributed by atoms with E-state index in [4.69, 9.17) is 15.3 Å². The van der Waals surface area contributed by atoms with Gasteiger partial charge in [0.05, 0.1) is 0 Å². The zero-order chi connectivity index (χ0) is 10.4. The highest BCUT2D eigenvalue weighted by Crippen LogP contribution is 2.15. The zero-order valence-corrected chi connectivity index (χ0v) is 8.43. The molecule has 2 unspecified atom stereocenters. The molecule has 0 radical (unpaired) electrons. The van der Waals surface area contributed by atoms with E-state index in [1.165, 1.54) is 0 Å². The van der Waals surface area contributed by atoms with Gasteiger partial charge in [0.25, 0.3) is 0 Å². The van der Waals surface area contributed by atoms with E-state index in [0.29, 0.717) is 19.0 Å². The molecule has 0 spiro atoms. The quantitative estimate of drug-likeness (QED) is 0.501. The van der Waals surface area contributed by atoms with E-state index in [1.807, 2.05) is 13.8 Å². The fourth-order valence-corrected chi connectivity index (χ4v) is 1.15. The molecule has 6 nitrogen and oxygen atoms in total. The van der Waals surface area contributed by atoms with E-state index < -0.39 is 0 Å². The molecule has 3 N–H and O–H groups in total. The molecule has 80 valence electrons. The summed E-state index contributed by atoms with van der Waals surface area (Å²) in [5.41, 5.74) is 2.42. The molecule has 0 aromatic rings. The third-order valence-electron chi connectivity index (χ3n) is 1.73. The molecular weight excluding hydrogens is 184 g/mol. The van der Waals surface area contributed by atoms with Crippen LogP contribution in [-0.2, 0) is 9.47 Å². The van der Waals surface area contributed by atoms with Crippen LogP contribution in [0.25, 0.3) is 0 Å². The Balaban J connectivity index is 2.62. The molecule has 0 bridgehead atoms. The summed E-state index contributed by atoms with van der Waals surface area (Å²) >= 11 is 0. The van der Waals surface area contributed by atoms with Crippen molar-refractivity contribution in [3.63, 3.8) is 0 Å². The Morgan fingerprint density at radius 2 is 2.14 bits per heavy atom. The zero-order valence-electron chi connectivity index (χ0n) is 8.43. The van der Waals surface area contributed by atoms with E-state index in [1.54, 1.807) is 6.08 Å². The van der Waals surface area contributed by atoms with Crippen LogP contribution in [0.15, 0.2) is 22.1 Å². The average molecular weight is 200 g/mol. The molecule has 2 atom stereocenters. The predicted octanol–water partition coefficient (Wildman–Crippen LogP) is 0.525. The third-order valence-corrected chi connectivity index (χ3v) is 1.73. The fraction of sp³-hybridized carbons (Fsp3) is 0.750. The van der Waals surface area contributed by atoms with Crippen molar-refractivity contribution < 1.29 is 9.47 Å². The van der Waals surface area contributed by atoms with Crippen LogP contribution < -0.4 is 11.3 Å². The van der Waals surface area contributed by atoms with Crippen molar-refractivity contribution in [1.82, 2.24) is 5.43 Å². The van der Waals surface area contributed by atoms with Crippen LogP contribution in [-0.4, -0.2) is 25.5 Å². The number of hydrogen-bond donors (Lipinski definition) is 2. The second-order valence-electron chi connectivity index (χ2n) is 2.68. The summed E-state index contributed by atoms with van der Waals surface area (Å²) in [6, 6.07) is 0. The summed E-state index contributed by atoms with van der Waals surface area (Å²) in [5, 5.41) is 7.76. The van der Waals surface area contributed by atoms with Gasteiger partial charge in [0.2, 0.25) is 0 Å². The summed E-state index contributed by atoms with van der Waals surface area (Å²) in [6.07, 6.45) is 1.18. The van der Waals surface area contributed by atoms with Gasteiger partial charge in [0.1, 0.15) is 6.10 Å². The summed E-state index contributed by atoms with van der Waals surface area (Å²) in [4.78, 5) is 0. The average Bonchev–Trinajstić information content (AvgIpc) is 2.21. The first-order chi connectivity index (χ1) is 6.81. The summed E-state index contributed by atoms with van der Waals surface area (Å²) in [5.74, 6) is 5.71. The van der Waals surface area contributed by atoms with E-state index in [0.717, 1.165) is 0 Å². The fourth-order valence-electron chi connectivity index (χ4n) is 1.15. The first-order valence-corrected chi connectivity index (χ1v) is 4.64. The summed E-state index contributed by atoms with van der Waals surface area (Å²) in [6.45, 7) is 4.99. The van der Waals surface area contributed by atoms with Gasteiger partial charge in [0.15, 0.2) is 12.0 Å². The van der Waals surface area contributed by atoms with Crippen molar-refractivity contribution in [2.75, 3.05) is 13.2 Å². The molecule has 0 saturated carbocycles. The Morgan fingerprint density at radius 3 is 2.71 bits per heavy atom. The van der Waals surface area contributed by atoms with Gasteiger partial charge in [-0.3, -0.25) is 0 Å². The van der Waals surface area contributed by atoms with Gasteiger partial charge in [-0.25, -0.2) is 5.84 Å². The van der Waals surface area contributed by atoms with E-state index in [-0.39, 0.29) is 12.3 Å². The minimum absolute atomic E-state index is 0.219. The van der Waals surface area contributed by atoms with Crippen LogP contribution >= 0.6 is 0 Å². The van der Waals surface area contributed by atoms with E-state index >= 15 is 0 Å². The van der Waals surface area contributed by atoms with E-state index in [9.17, 15) is 0 Å². The van der Waals surface area contributed by atoms with Crippen molar-refractivity contribution in [3.8, 4) is 0 Å². The highest BCUT2D eigenvalue weighted by atomic mass is 16.5. The number of nitrogens with one attached hydrogen (secondary N) is 1.